The molecule has 1 aliphatic heterocycles. The van der Waals surface area contributed by atoms with E-state index in [9.17, 15) is 4.79 Å². The fraction of sp³-hybridized carbons (Fsp3) is 0.474. The van der Waals surface area contributed by atoms with Gasteiger partial charge < -0.3 is 10.2 Å². The summed E-state index contributed by atoms with van der Waals surface area (Å²) in [6.07, 6.45) is 0. The van der Waals surface area contributed by atoms with Gasteiger partial charge in [-0.3, -0.25) is 9.48 Å². The van der Waals surface area contributed by atoms with E-state index >= 15 is 0 Å². The van der Waals surface area contributed by atoms with Crippen LogP contribution in [0.1, 0.15) is 41.2 Å². The SMILES string of the molecule is Cc1cc(C)n(Cc2cccc(C(=O)N3C[C@H](C)N[C@@H](C)C3)c2)n1. The van der Waals surface area contributed by atoms with E-state index in [1.807, 2.05) is 34.7 Å². The first kappa shape index (κ1) is 16.7. The smallest absolute Gasteiger partial charge is 0.253 e. The minimum Gasteiger partial charge on any atom is -0.336 e. The summed E-state index contributed by atoms with van der Waals surface area (Å²) in [4.78, 5) is 14.8. The predicted molar refractivity (Wildman–Crippen MR) is 95.2 cm³/mol. The molecule has 0 bridgehead atoms. The standard InChI is InChI=1S/C19H26N4O/c1-13-8-16(4)23(21-13)12-17-6-5-7-18(9-17)19(24)22-10-14(2)20-15(3)11-22/h5-9,14-15,20H,10-12H2,1-4H3/t14-,15-/m0/s1. The Morgan fingerprint density at radius 2 is 1.92 bits per heavy atom. The molecule has 1 aromatic carbocycles. The Kier molecular flexibility index (Phi) is 4.71. The Bertz CT molecular complexity index is 727. The van der Waals surface area contributed by atoms with E-state index in [0.29, 0.717) is 18.6 Å². The average Bonchev–Trinajstić information content (AvgIpc) is 2.83. The summed E-state index contributed by atoms with van der Waals surface area (Å²) < 4.78 is 1.98. The van der Waals surface area contributed by atoms with Gasteiger partial charge in [-0.1, -0.05) is 12.1 Å². The van der Waals surface area contributed by atoms with E-state index in [2.05, 4.69) is 43.3 Å². The summed E-state index contributed by atoms with van der Waals surface area (Å²) in [6.45, 7) is 10.5. The van der Waals surface area contributed by atoms with Crippen LogP contribution in [0.5, 0.6) is 0 Å². The van der Waals surface area contributed by atoms with Gasteiger partial charge in [-0.25, -0.2) is 0 Å². The predicted octanol–water partition coefficient (Wildman–Crippen LogP) is 2.37. The largest absolute Gasteiger partial charge is 0.336 e. The first-order valence-electron chi connectivity index (χ1n) is 8.57. The van der Waals surface area contributed by atoms with Crippen LogP contribution in [0.3, 0.4) is 0 Å². The third-order valence-electron chi connectivity index (χ3n) is 4.45. The van der Waals surface area contributed by atoms with E-state index in [0.717, 1.165) is 35.6 Å². The van der Waals surface area contributed by atoms with Gasteiger partial charge in [-0.15, -0.1) is 0 Å². The molecular formula is C19H26N4O. The normalized spacial score (nSPS) is 21.1. The van der Waals surface area contributed by atoms with Crippen LogP contribution in [0.2, 0.25) is 0 Å². The molecule has 1 aromatic heterocycles. The zero-order valence-corrected chi connectivity index (χ0v) is 14.9. The van der Waals surface area contributed by atoms with Gasteiger partial charge in [0.15, 0.2) is 0 Å². The minimum absolute atomic E-state index is 0.116. The molecule has 2 heterocycles. The number of carbonyl (C=O) groups is 1. The number of amides is 1. The van der Waals surface area contributed by atoms with Crippen LogP contribution >= 0.6 is 0 Å². The maximum absolute atomic E-state index is 12.8. The lowest BCUT2D eigenvalue weighted by atomic mass is 10.1. The van der Waals surface area contributed by atoms with Crippen molar-refractivity contribution >= 4 is 5.91 Å². The highest BCUT2D eigenvalue weighted by molar-refractivity contribution is 5.94. The minimum atomic E-state index is 0.116. The Morgan fingerprint density at radius 3 is 2.54 bits per heavy atom. The molecule has 5 nitrogen and oxygen atoms in total. The molecule has 1 N–H and O–H groups in total. The first-order chi connectivity index (χ1) is 11.4. The zero-order chi connectivity index (χ0) is 17.3. The van der Waals surface area contributed by atoms with Crippen molar-refractivity contribution < 1.29 is 4.79 Å². The third kappa shape index (κ3) is 3.67. The quantitative estimate of drug-likeness (QED) is 0.942. The molecule has 1 amide bonds. The lowest BCUT2D eigenvalue weighted by molar-refractivity contribution is 0.0673. The zero-order valence-electron chi connectivity index (χ0n) is 14.9. The number of aryl methyl sites for hydroxylation is 2. The summed E-state index contributed by atoms with van der Waals surface area (Å²) in [5.41, 5.74) is 4.01. The number of piperazine rings is 1. The number of nitrogens with zero attached hydrogens (tertiary/aromatic N) is 3. The molecule has 1 aliphatic rings. The van der Waals surface area contributed by atoms with Crippen molar-refractivity contribution in [1.82, 2.24) is 20.0 Å². The molecule has 1 saturated heterocycles. The summed E-state index contributed by atoms with van der Waals surface area (Å²) in [7, 11) is 0. The maximum atomic E-state index is 12.8. The molecule has 24 heavy (non-hydrogen) atoms. The number of rotatable bonds is 3. The van der Waals surface area contributed by atoms with Crippen LogP contribution in [-0.2, 0) is 6.54 Å². The van der Waals surface area contributed by atoms with E-state index in [4.69, 9.17) is 0 Å². The van der Waals surface area contributed by atoms with Gasteiger partial charge in [0.1, 0.15) is 0 Å². The van der Waals surface area contributed by atoms with Crippen molar-refractivity contribution in [2.45, 2.75) is 46.3 Å². The number of hydrogen-bond acceptors (Lipinski definition) is 3. The second-order valence-corrected chi connectivity index (χ2v) is 6.96. The van der Waals surface area contributed by atoms with Crippen molar-refractivity contribution in [3.63, 3.8) is 0 Å². The Labute approximate surface area is 143 Å². The third-order valence-corrected chi connectivity index (χ3v) is 4.45. The summed E-state index contributed by atoms with van der Waals surface area (Å²) >= 11 is 0. The second-order valence-electron chi connectivity index (χ2n) is 6.96. The average molecular weight is 326 g/mol. The van der Waals surface area contributed by atoms with Crippen LogP contribution in [-0.4, -0.2) is 45.8 Å². The number of hydrogen-bond donors (Lipinski definition) is 1. The molecule has 3 rings (SSSR count). The van der Waals surface area contributed by atoms with Gasteiger partial charge in [0.25, 0.3) is 5.91 Å². The Balaban J connectivity index is 1.77. The van der Waals surface area contributed by atoms with Gasteiger partial charge >= 0.3 is 0 Å². The van der Waals surface area contributed by atoms with E-state index < -0.39 is 0 Å². The van der Waals surface area contributed by atoms with Gasteiger partial charge in [0.05, 0.1) is 12.2 Å². The molecule has 0 unspecified atom stereocenters. The molecule has 2 aromatic rings. The van der Waals surface area contributed by atoms with E-state index in [1.165, 1.54) is 0 Å². The summed E-state index contributed by atoms with van der Waals surface area (Å²) in [5, 5.41) is 7.97. The molecule has 128 valence electrons. The molecule has 2 atom stereocenters. The van der Waals surface area contributed by atoms with Gasteiger partial charge in [0, 0.05) is 36.4 Å². The molecule has 0 saturated carbocycles. The number of benzene rings is 1. The van der Waals surface area contributed by atoms with Crippen molar-refractivity contribution in [2.75, 3.05) is 13.1 Å². The van der Waals surface area contributed by atoms with Crippen LogP contribution in [0.4, 0.5) is 0 Å². The van der Waals surface area contributed by atoms with Gasteiger partial charge in [0.2, 0.25) is 0 Å². The molecule has 0 radical (unpaired) electrons. The second kappa shape index (κ2) is 6.77. The molecule has 0 spiro atoms. The topological polar surface area (TPSA) is 50.2 Å². The highest BCUT2D eigenvalue weighted by Gasteiger charge is 2.25. The number of nitrogens with one attached hydrogen (secondary N) is 1. The van der Waals surface area contributed by atoms with Crippen molar-refractivity contribution in [3.05, 3.63) is 52.8 Å². The van der Waals surface area contributed by atoms with Crippen molar-refractivity contribution in [3.8, 4) is 0 Å². The van der Waals surface area contributed by atoms with E-state index in [-0.39, 0.29) is 5.91 Å². The van der Waals surface area contributed by atoms with Crippen LogP contribution in [0, 0.1) is 13.8 Å². The lowest BCUT2D eigenvalue weighted by Crippen LogP contribution is -2.55. The summed E-state index contributed by atoms with van der Waals surface area (Å²) in [5.74, 6) is 0.116. The van der Waals surface area contributed by atoms with Crippen molar-refractivity contribution in [2.24, 2.45) is 0 Å². The number of carbonyl (C=O) groups excluding carboxylic acids is 1. The van der Waals surface area contributed by atoms with Gasteiger partial charge in [-0.2, -0.15) is 5.10 Å². The summed E-state index contributed by atoms with van der Waals surface area (Å²) in [6, 6.07) is 10.6. The van der Waals surface area contributed by atoms with Crippen LogP contribution < -0.4 is 5.32 Å². The Hall–Kier alpha value is -2.14. The Morgan fingerprint density at radius 1 is 1.21 bits per heavy atom. The molecule has 1 fully saturated rings. The van der Waals surface area contributed by atoms with E-state index in [1.54, 1.807) is 0 Å². The van der Waals surface area contributed by atoms with Gasteiger partial charge in [-0.05, 0) is 51.5 Å². The van der Waals surface area contributed by atoms with Crippen LogP contribution in [0.25, 0.3) is 0 Å². The highest BCUT2D eigenvalue weighted by Crippen LogP contribution is 2.14. The highest BCUT2D eigenvalue weighted by atomic mass is 16.2. The fourth-order valence-corrected chi connectivity index (χ4v) is 3.49. The van der Waals surface area contributed by atoms with Crippen molar-refractivity contribution in [1.29, 1.82) is 0 Å². The number of aromatic nitrogens is 2. The van der Waals surface area contributed by atoms with Crippen LogP contribution in [0.15, 0.2) is 30.3 Å². The first-order valence-corrected chi connectivity index (χ1v) is 8.57. The molecule has 0 aliphatic carbocycles. The molecule has 5 heteroatoms. The maximum Gasteiger partial charge on any atom is 0.253 e. The monoisotopic (exact) mass is 326 g/mol. The molecular weight excluding hydrogens is 300 g/mol. The lowest BCUT2D eigenvalue weighted by Gasteiger charge is -2.36. The fourth-order valence-electron chi connectivity index (χ4n) is 3.49.